The summed E-state index contributed by atoms with van der Waals surface area (Å²) in [6.45, 7) is 1.61. The van der Waals surface area contributed by atoms with Crippen molar-refractivity contribution >= 4 is 15.6 Å². The summed E-state index contributed by atoms with van der Waals surface area (Å²) in [6, 6.07) is 15.6. The summed E-state index contributed by atoms with van der Waals surface area (Å²) in [5, 5.41) is 0. The molecule has 0 bridgehead atoms. The van der Waals surface area contributed by atoms with Crippen LogP contribution in [0.15, 0.2) is 59.5 Å². The molecule has 2 rings (SSSR count). The fourth-order valence-corrected chi connectivity index (χ4v) is 2.78. The first-order valence-electron chi connectivity index (χ1n) is 6.43. The monoisotopic (exact) mass is 288 g/mol. The number of sulfone groups is 1. The fraction of sp³-hybridized carbons (Fsp3) is 0.188. The SMILES string of the molecule is CCS(=O)(=O)c1ccc(CC(=O)c2ccccc2)cc1. The summed E-state index contributed by atoms with van der Waals surface area (Å²) >= 11 is 0. The zero-order valence-electron chi connectivity index (χ0n) is 11.2. The normalized spacial score (nSPS) is 11.2. The largest absolute Gasteiger partial charge is 0.294 e. The molecule has 0 aliphatic heterocycles. The lowest BCUT2D eigenvalue weighted by Crippen LogP contribution is -2.05. The Labute approximate surface area is 119 Å². The van der Waals surface area contributed by atoms with Crippen molar-refractivity contribution in [2.24, 2.45) is 0 Å². The average Bonchev–Trinajstić information content (AvgIpc) is 2.48. The van der Waals surface area contributed by atoms with E-state index in [2.05, 4.69) is 0 Å². The number of carbonyl (C=O) groups is 1. The van der Waals surface area contributed by atoms with E-state index in [0.29, 0.717) is 10.5 Å². The number of Topliss-reactive ketones (excluding diaryl/α,β-unsaturated/α-hetero) is 1. The Morgan fingerprint density at radius 3 is 2.10 bits per heavy atom. The van der Waals surface area contributed by atoms with Crippen molar-refractivity contribution in [3.63, 3.8) is 0 Å². The van der Waals surface area contributed by atoms with Crippen LogP contribution in [-0.4, -0.2) is 20.0 Å². The molecule has 0 spiro atoms. The predicted octanol–water partition coefficient (Wildman–Crippen LogP) is 2.91. The molecule has 0 saturated heterocycles. The second kappa shape index (κ2) is 6.01. The zero-order valence-corrected chi connectivity index (χ0v) is 12.1. The first-order valence-corrected chi connectivity index (χ1v) is 8.08. The molecule has 0 atom stereocenters. The maximum atomic E-state index is 12.0. The molecule has 0 aliphatic rings. The molecular weight excluding hydrogens is 272 g/mol. The highest BCUT2D eigenvalue weighted by atomic mass is 32.2. The van der Waals surface area contributed by atoms with E-state index in [0.717, 1.165) is 5.56 Å². The quantitative estimate of drug-likeness (QED) is 0.795. The summed E-state index contributed by atoms with van der Waals surface area (Å²) in [7, 11) is -3.18. The molecule has 0 radical (unpaired) electrons. The number of hydrogen-bond donors (Lipinski definition) is 0. The summed E-state index contributed by atoms with van der Waals surface area (Å²) in [4.78, 5) is 12.3. The second-order valence-electron chi connectivity index (χ2n) is 4.51. The molecule has 2 aromatic rings. The van der Waals surface area contributed by atoms with Crippen LogP contribution in [0.4, 0.5) is 0 Å². The van der Waals surface area contributed by atoms with E-state index >= 15 is 0 Å². The van der Waals surface area contributed by atoms with Gasteiger partial charge in [-0.05, 0) is 17.7 Å². The van der Waals surface area contributed by atoms with Crippen LogP contribution in [0.2, 0.25) is 0 Å². The minimum atomic E-state index is -3.18. The Kier molecular flexibility index (Phi) is 4.35. The van der Waals surface area contributed by atoms with E-state index in [4.69, 9.17) is 0 Å². The van der Waals surface area contributed by atoms with Gasteiger partial charge >= 0.3 is 0 Å². The Bertz CT molecular complexity index is 686. The van der Waals surface area contributed by atoms with Crippen LogP contribution >= 0.6 is 0 Å². The van der Waals surface area contributed by atoms with Gasteiger partial charge in [0.05, 0.1) is 10.6 Å². The maximum absolute atomic E-state index is 12.0. The minimum absolute atomic E-state index is 0.0247. The van der Waals surface area contributed by atoms with Crippen LogP contribution in [0.3, 0.4) is 0 Å². The lowest BCUT2D eigenvalue weighted by atomic mass is 10.0. The van der Waals surface area contributed by atoms with Gasteiger partial charge in [0.1, 0.15) is 0 Å². The highest BCUT2D eigenvalue weighted by Gasteiger charge is 2.12. The molecule has 3 nitrogen and oxygen atoms in total. The van der Waals surface area contributed by atoms with E-state index in [1.165, 1.54) is 0 Å². The molecule has 0 fully saturated rings. The van der Waals surface area contributed by atoms with Gasteiger partial charge in [0.2, 0.25) is 0 Å². The second-order valence-corrected chi connectivity index (χ2v) is 6.79. The summed E-state index contributed by atoms with van der Waals surface area (Å²) < 4.78 is 23.4. The van der Waals surface area contributed by atoms with Crippen molar-refractivity contribution < 1.29 is 13.2 Å². The lowest BCUT2D eigenvalue weighted by molar-refractivity contribution is 0.0993. The van der Waals surface area contributed by atoms with Gasteiger partial charge in [0.15, 0.2) is 15.6 Å². The van der Waals surface area contributed by atoms with Gasteiger partial charge in [-0.3, -0.25) is 4.79 Å². The summed E-state index contributed by atoms with van der Waals surface area (Å²) in [6.07, 6.45) is 0.274. The van der Waals surface area contributed by atoms with Gasteiger partial charge in [0.25, 0.3) is 0 Å². The number of carbonyl (C=O) groups excluding carboxylic acids is 1. The fourth-order valence-electron chi connectivity index (χ4n) is 1.89. The van der Waals surface area contributed by atoms with Crippen molar-refractivity contribution in [3.05, 3.63) is 65.7 Å². The van der Waals surface area contributed by atoms with Crippen LogP contribution in [0.5, 0.6) is 0 Å². The smallest absolute Gasteiger partial charge is 0.178 e. The van der Waals surface area contributed by atoms with Crippen molar-refractivity contribution in [3.8, 4) is 0 Å². The molecule has 2 aromatic carbocycles. The molecule has 20 heavy (non-hydrogen) atoms. The molecule has 0 unspecified atom stereocenters. The van der Waals surface area contributed by atoms with Crippen LogP contribution < -0.4 is 0 Å². The van der Waals surface area contributed by atoms with Gasteiger partial charge in [-0.25, -0.2) is 8.42 Å². The van der Waals surface area contributed by atoms with E-state index < -0.39 is 9.84 Å². The molecule has 0 aromatic heterocycles. The third-order valence-electron chi connectivity index (χ3n) is 3.12. The third kappa shape index (κ3) is 3.33. The zero-order chi connectivity index (χ0) is 14.6. The molecule has 0 aliphatic carbocycles. The topological polar surface area (TPSA) is 51.2 Å². The third-order valence-corrected chi connectivity index (χ3v) is 4.87. The Balaban J connectivity index is 2.14. The number of rotatable bonds is 5. The molecule has 0 amide bonds. The van der Waals surface area contributed by atoms with E-state index in [-0.39, 0.29) is 18.0 Å². The van der Waals surface area contributed by atoms with Gasteiger partial charge < -0.3 is 0 Å². The molecule has 4 heteroatoms. The van der Waals surface area contributed by atoms with Crippen molar-refractivity contribution in [2.75, 3.05) is 5.75 Å². The molecule has 104 valence electrons. The van der Waals surface area contributed by atoms with Crippen LogP contribution in [0.25, 0.3) is 0 Å². The number of hydrogen-bond acceptors (Lipinski definition) is 3. The van der Waals surface area contributed by atoms with Crippen LogP contribution in [0.1, 0.15) is 22.8 Å². The lowest BCUT2D eigenvalue weighted by Gasteiger charge is -2.04. The molecule has 0 heterocycles. The van der Waals surface area contributed by atoms with Crippen molar-refractivity contribution in [1.29, 1.82) is 0 Å². The molecule has 0 N–H and O–H groups in total. The van der Waals surface area contributed by atoms with E-state index in [1.54, 1.807) is 43.3 Å². The highest BCUT2D eigenvalue weighted by Crippen LogP contribution is 2.14. The van der Waals surface area contributed by atoms with Gasteiger partial charge in [-0.15, -0.1) is 0 Å². The van der Waals surface area contributed by atoms with E-state index in [1.807, 2.05) is 18.2 Å². The number of ketones is 1. The standard InChI is InChI=1S/C16H16O3S/c1-2-20(18,19)15-10-8-13(9-11-15)12-16(17)14-6-4-3-5-7-14/h3-11H,2,12H2,1H3. The average molecular weight is 288 g/mol. The van der Waals surface area contributed by atoms with Gasteiger partial charge in [-0.2, -0.15) is 0 Å². The maximum Gasteiger partial charge on any atom is 0.178 e. The Hall–Kier alpha value is -1.94. The predicted molar refractivity (Wildman–Crippen MR) is 78.6 cm³/mol. The molecular formula is C16H16O3S. The first kappa shape index (κ1) is 14.5. The molecule has 0 saturated carbocycles. The van der Waals surface area contributed by atoms with Crippen molar-refractivity contribution in [2.45, 2.75) is 18.2 Å². The van der Waals surface area contributed by atoms with Gasteiger partial charge in [-0.1, -0.05) is 49.4 Å². The number of benzene rings is 2. The van der Waals surface area contributed by atoms with Gasteiger partial charge in [0, 0.05) is 12.0 Å². The first-order chi connectivity index (χ1) is 9.53. The van der Waals surface area contributed by atoms with Crippen LogP contribution in [-0.2, 0) is 16.3 Å². The van der Waals surface area contributed by atoms with Crippen LogP contribution in [0, 0.1) is 0 Å². The summed E-state index contributed by atoms with van der Waals surface area (Å²) in [5.41, 5.74) is 1.48. The minimum Gasteiger partial charge on any atom is -0.294 e. The summed E-state index contributed by atoms with van der Waals surface area (Å²) in [5.74, 6) is 0.103. The highest BCUT2D eigenvalue weighted by molar-refractivity contribution is 7.91. The van der Waals surface area contributed by atoms with E-state index in [9.17, 15) is 13.2 Å². The van der Waals surface area contributed by atoms with Crippen molar-refractivity contribution in [1.82, 2.24) is 0 Å². The Morgan fingerprint density at radius 1 is 0.950 bits per heavy atom. The Morgan fingerprint density at radius 2 is 1.55 bits per heavy atom.